The quantitative estimate of drug-likeness (QED) is 0.190. The number of fused-ring (bicyclic) bond motifs is 10. The highest BCUT2D eigenvalue weighted by atomic mass is 16.3. The zero-order valence-corrected chi connectivity index (χ0v) is 30.4. The summed E-state index contributed by atoms with van der Waals surface area (Å²) in [4.78, 5) is 0. The van der Waals surface area contributed by atoms with Crippen molar-refractivity contribution in [2.75, 3.05) is 5.32 Å². The van der Waals surface area contributed by atoms with Crippen LogP contribution in [0, 0.1) is 0 Å². The highest BCUT2D eigenvalue weighted by Crippen LogP contribution is 2.46. The molecule has 2 unspecified atom stereocenters. The van der Waals surface area contributed by atoms with Crippen LogP contribution >= 0.6 is 0 Å². The van der Waals surface area contributed by atoms with Gasteiger partial charge in [0, 0.05) is 27.2 Å². The van der Waals surface area contributed by atoms with Crippen LogP contribution in [0.25, 0.3) is 87.5 Å². The predicted octanol–water partition coefficient (Wildman–Crippen LogP) is 13.6. The molecule has 0 amide bonds. The van der Waals surface area contributed by atoms with E-state index in [0.29, 0.717) is 0 Å². The SMILES string of the molecule is c1ccc(-c2cc(C3NC(n4c5ccc(-c6ccccc6)cc5c5c6ccccc6ccc54)Nc4ccccc43)c3c(c2)oc2cc4ccccc4cc23)cc1. The number of benzene rings is 9. The number of nitrogens with zero attached hydrogens (tertiary/aromatic N) is 1. The summed E-state index contributed by atoms with van der Waals surface area (Å²) >= 11 is 0. The Balaban J connectivity index is 1.12. The van der Waals surface area contributed by atoms with Crippen LogP contribution in [0.15, 0.2) is 192 Å². The van der Waals surface area contributed by atoms with Crippen LogP contribution in [0.4, 0.5) is 5.69 Å². The molecule has 56 heavy (non-hydrogen) atoms. The van der Waals surface area contributed by atoms with E-state index in [0.717, 1.165) is 38.8 Å². The van der Waals surface area contributed by atoms with E-state index in [9.17, 15) is 0 Å². The van der Waals surface area contributed by atoms with Gasteiger partial charge in [0.15, 0.2) is 6.29 Å². The maximum atomic E-state index is 6.80. The lowest BCUT2D eigenvalue weighted by atomic mass is 9.89. The van der Waals surface area contributed by atoms with Crippen molar-refractivity contribution < 1.29 is 4.42 Å². The lowest BCUT2D eigenvalue weighted by molar-refractivity contribution is 0.418. The molecule has 12 rings (SSSR count). The van der Waals surface area contributed by atoms with E-state index >= 15 is 0 Å². The van der Waals surface area contributed by atoms with E-state index in [1.165, 1.54) is 65.6 Å². The Morgan fingerprint density at radius 3 is 1.91 bits per heavy atom. The summed E-state index contributed by atoms with van der Waals surface area (Å²) in [5.74, 6) is 0. The second kappa shape index (κ2) is 12.2. The Morgan fingerprint density at radius 2 is 1.09 bits per heavy atom. The van der Waals surface area contributed by atoms with Crippen molar-refractivity contribution in [2.45, 2.75) is 12.3 Å². The second-order valence-corrected chi connectivity index (χ2v) is 15.0. The predicted molar refractivity (Wildman–Crippen MR) is 233 cm³/mol. The highest BCUT2D eigenvalue weighted by Gasteiger charge is 2.32. The van der Waals surface area contributed by atoms with Gasteiger partial charge in [0.05, 0.1) is 17.1 Å². The molecule has 9 aromatic carbocycles. The van der Waals surface area contributed by atoms with Gasteiger partial charge in [-0.3, -0.25) is 5.32 Å². The molecule has 3 heterocycles. The average Bonchev–Trinajstić information content (AvgIpc) is 3.80. The van der Waals surface area contributed by atoms with Crippen LogP contribution < -0.4 is 10.6 Å². The summed E-state index contributed by atoms with van der Waals surface area (Å²) in [6.45, 7) is 0. The molecule has 2 atom stereocenters. The molecule has 0 saturated carbocycles. The highest BCUT2D eigenvalue weighted by molar-refractivity contribution is 6.21. The molecule has 1 aliphatic rings. The van der Waals surface area contributed by atoms with E-state index in [1.54, 1.807) is 0 Å². The minimum Gasteiger partial charge on any atom is -0.456 e. The fraction of sp³-hybridized carbons (Fsp3) is 0.0385. The largest absolute Gasteiger partial charge is 0.456 e. The first-order valence-corrected chi connectivity index (χ1v) is 19.3. The van der Waals surface area contributed by atoms with Crippen LogP contribution in [-0.4, -0.2) is 4.57 Å². The molecule has 0 aliphatic carbocycles. The number of rotatable bonds is 4. The first kappa shape index (κ1) is 31.2. The summed E-state index contributed by atoms with van der Waals surface area (Å²) in [5.41, 5.74) is 12.3. The van der Waals surface area contributed by atoms with Gasteiger partial charge in [-0.2, -0.15) is 0 Å². The van der Waals surface area contributed by atoms with Crippen molar-refractivity contribution in [1.29, 1.82) is 0 Å². The summed E-state index contributed by atoms with van der Waals surface area (Å²) < 4.78 is 9.26. The molecule has 264 valence electrons. The number of hydrogen-bond donors (Lipinski definition) is 2. The first-order valence-electron chi connectivity index (χ1n) is 19.3. The number of furan rings is 1. The van der Waals surface area contributed by atoms with Gasteiger partial charge in [0.1, 0.15) is 11.2 Å². The van der Waals surface area contributed by atoms with Crippen molar-refractivity contribution in [3.8, 4) is 22.3 Å². The number of aromatic nitrogens is 1. The molecular weight excluding hydrogens is 683 g/mol. The van der Waals surface area contributed by atoms with Crippen molar-refractivity contribution in [3.63, 3.8) is 0 Å². The second-order valence-electron chi connectivity index (χ2n) is 15.0. The molecule has 0 radical (unpaired) electrons. The van der Waals surface area contributed by atoms with Crippen molar-refractivity contribution in [2.24, 2.45) is 0 Å². The standard InChI is InChI=1S/C52H35N3O/c1-3-13-32(14-4-1)37-24-25-45-41(27-37)49-39-20-10-9-17-34(39)23-26-46(49)55(45)52-53-44-22-12-11-21-40(44)51(54-52)43-29-38(33-15-5-2-6-16-33)31-48-50(43)42-28-35-18-7-8-19-36(35)30-47(42)56-48/h1-31,51-54H. The minimum atomic E-state index is -0.270. The third-order valence-electron chi connectivity index (χ3n) is 11.8. The zero-order valence-electron chi connectivity index (χ0n) is 30.4. The number of para-hydroxylation sites is 1. The van der Waals surface area contributed by atoms with Gasteiger partial charge >= 0.3 is 0 Å². The first-order chi connectivity index (χ1) is 27.7. The van der Waals surface area contributed by atoms with Gasteiger partial charge in [0.2, 0.25) is 0 Å². The molecule has 0 spiro atoms. The number of nitrogens with one attached hydrogen (secondary N) is 2. The Kier molecular flexibility index (Phi) is 6.80. The van der Waals surface area contributed by atoms with Crippen LogP contribution in [0.3, 0.4) is 0 Å². The fourth-order valence-corrected chi connectivity index (χ4v) is 9.27. The van der Waals surface area contributed by atoms with Gasteiger partial charge in [-0.15, -0.1) is 0 Å². The van der Waals surface area contributed by atoms with E-state index in [1.807, 2.05) is 0 Å². The third kappa shape index (κ3) is 4.76. The molecular formula is C52H35N3O. The molecule has 4 nitrogen and oxygen atoms in total. The Hall–Kier alpha value is -7.14. The minimum absolute atomic E-state index is 0.160. The molecule has 4 heteroatoms. The molecule has 1 aliphatic heterocycles. The van der Waals surface area contributed by atoms with Crippen LogP contribution in [0.1, 0.15) is 23.5 Å². The topological polar surface area (TPSA) is 42.1 Å². The lowest BCUT2D eigenvalue weighted by Gasteiger charge is -2.37. The monoisotopic (exact) mass is 717 g/mol. The van der Waals surface area contributed by atoms with E-state index in [-0.39, 0.29) is 12.3 Å². The van der Waals surface area contributed by atoms with E-state index < -0.39 is 0 Å². The zero-order chi connectivity index (χ0) is 36.7. The maximum absolute atomic E-state index is 6.80. The molecule has 0 bridgehead atoms. The Labute approximate surface area is 323 Å². The van der Waals surface area contributed by atoms with E-state index in [4.69, 9.17) is 4.42 Å². The lowest BCUT2D eigenvalue weighted by Crippen LogP contribution is -2.40. The normalized spacial score (nSPS) is 15.6. The smallest absolute Gasteiger partial charge is 0.160 e. The number of anilines is 1. The summed E-state index contributed by atoms with van der Waals surface area (Å²) in [6.07, 6.45) is -0.270. The maximum Gasteiger partial charge on any atom is 0.160 e. The van der Waals surface area contributed by atoms with Crippen LogP contribution in [-0.2, 0) is 0 Å². The van der Waals surface area contributed by atoms with Gasteiger partial charge in [-0.25, -0.2) is 0 Å². The molecule has 2 aromatic heterocycles. The summed E-state index contributed by atoms with van der Waals surface area (Å²) in [7, 11) is 0. The molecule has 0 saturated heterocycles. The van der Waals surface area contributed by atoms with E-state index in [2.05, 4.69) is 203 Å². The van der Waals surface area contributed by atoms with Gasteiger partial charge < -0.3 is 14.3 Å². The van der Waals surface area contributed by atoms with Crippen molar-refractivity contribution in [3.05, 3.63) is 199 Å². The van der Waals surface area contributed by atoms with Gasteiger partial charge in [-0.05, 0) is 103 Å². The molecule has 2 N–H and O–H groups in total. The molecule has 0 fully saturated rings. The van der Waals surface area contributed by atoms with Gasteiger partial charge in [0.25, 0.3) is 0 Å². The Morgan fingerprint density at radius 1 is 0.411 bits per heavy atom. The van der Waals surface area contributed by atoms with Crippen LogP contribution in [0.2, 0.25) is 0 Å². The van der Waals surface area contributed by atoms with Crippen LogP contribution in [0.5, 0.6) is 0 Å². The van der Waals surface area contributed by atoms with Gasteiger partial charge in [-0.1, -0.05) is 140 Å². The molecule has 11 aromatic rings. The third-order valence-corrected chi connectivity index (χ3v) is 11.8. The van der Waals surface area contributed by atoms with Crippen molar-refractivity contribution in [1.82, 2.24) is 9.88 Å². The average molecular weight is 718 g/mol. The summed E-state index contributed by atoms with van der Waals surface area (Å²) in [6, 6.07) is 67.8. The summed E-state index contributed by atoms with van der Waals surface area (Å²) in [5, 5.41) is 17.7. The number of hydrogen-bond acceptors (Lipinski definition) is 3. The Bertz CT molecular complexity index is 3320. The fourth-order valence-electron chi connectivity index (χ4n) is 9.27. The van der Waals surface area contributed by atoms with Crippen molar-refractivity contribution >= 4 is 71.0 Å².